The van der Waals surface area contributed by atoms with Crippen molar-refractivity contribution in [3.8, 4) is 0 Å². The Balaban J connectivity index is 2.28. The van der Waals surface area contributed by atoms with E-state index >= 15 is 0 Å². The van der Waals surface area contributed by atoms with Gasteiger partial charge in [-0.3, -0.25) is 4.79 Å². The van der Waals surface area contributed by atoms with Gasteiger partial charge in [0.15, 0.2) is 5.78 Å². The standard InChI is InChI=1S/C16H15NO/c1-11-6-5-9-15-13(11)10-16(18)12-7-3-4-8-14(12)17(15)2/h3-9H,10H2,1-2H3. The lowest BCUT2D eigenvalue weighted by atomic mass is 9.99. The fourth-order valence-corrected chi connectivity index (χ4v) is 2.62. The molecule has 2 nitrogen and oxygen atoms in total. The number of ketones is 1. The first-order valence-electron chi connectivity index (χ1n) is 6.13. The maximum absolute atomic E-state index is 12.3. The number of carbonyl (C=O) groups excluding carboxylic acids is 1. The van der Waals surface area contributed by atoms with Gasteiger partial charge in [0.25, 0.3) is 0 Å². The van der Waals surface area contributed by atoms with Gasteiger partial charge < -0.3 is 4.90 Å². The molecule has 3 rings (SSSR count). The fourth-order valence-electron chi connectivity index (χ4n) is 2.62. The number of Topliss-reactive ketones (excluding diaryl/α,β-unsaturated/α-hetero) is 1. The van der Waals surface area contributed by atoms with Crippen molar-refractivity contribution in [2.24, 2.45) is 0 Å². The van der Waals surface area contributed by atoms with Crippen LogP contribution in [0.1, 0.15) is 21.5 Å². The summed E-state index contributed by atoms with van der Waals surface area (Å²) in [6.45, 7) is 2.07. The first kappa shape index (κ1) is 11.0. The second kappa shape index (κ2) is 3.98. The summed E-state index contributed by atoms with van der Waals surface area (Å²) in [6, 6.07) is 14.0. The zero-order valence-corrected chi connectivity index (χ0v) is 10.6. The Morgan fingerprint density at radius 2 is 1.72 bits per heavy atom. The monoisotopic (exact) mass is 237 g/mol. The minimum atomic E-state index is 0.200. The molecule has 1 heterocycles. The van der Waals surface area contributed by atoms with Crippen LogP contribution in [0.15, 0.2) is 42.5 Å². The average Bonchev–Trinajstić information content (AvgIpc) is 2.49. The first-order chi connectivity index (χ1) is 8.68. The highest BCUT2D eigenvalue weighted by molar-refractivity contribution is 6.05. The number of aryl methyl sites for hydroxylation is 1. The number of anilines is 2. The smallest absolute Gasteiger partial charge is 0.169 e. The quantitative estimate of drug-likeness (QED) is 0.699. The van der Waals surface area contributed by atoms with Gasteiger partial charge in [0.2, 0.25) is 0 Å². The summed E-state index contributed by atoms with van der Waals surface area (Å²) in [4.78, 5) is 14.5. The van der Waals surface area contributed by atoms with Crippen LogP contribution >= 0.6 is 0 Å². The molecule has 2 heteroatoms. The third-order valence-electron chi connectivity index (χ3n) is 3.65. The Morgan fingerprint density at radius 3 is 2.56 bits per heavy atom. The van der Waals surface area contributed by atoms with Crippen molar-refractivity contribution in [3.63, 3.8) is 0 Å². The second-order valence-corrected chi connectivity index (χ2v) is 4.75. The minimum Gasteiger partial charge on any atom is -0.344 e. The predicted octanol–water partition coefficient (Wildman–Crippen LogP) is 3.50. The van der Waals surface area contributed by atoms with E-state index in [-0.39, 0.29) is 5.78 Å². The zero-order chi connectivity index (χ0) is 12.7. The molecule has 90 valence electrons. The zero-order valence-electron chi connectivity index (χ0n) is 10.6. The molecule has 1 aliphatic heterocycles. The molecule has 0 aliphatic carbocycles. The topological polar surface area (TPSA) is 20.3 Å². The maximum atomic E-state index is 12.3. The lowest BCUT2D eigenvalue weighted by molar-refractivity contribution is 0.0994. The van der Waals surface area contributed by atoms with Gasteiger partial charge in [0, 0.05) is 24.7 Å². The Morgan fingerprint density at radius 1 is 1.00 bits per heavy atom. The number of nitrogens with zero attached hydrogens (tertiary/aromatic N) is 1. The van der Waals surface area contributed by atoms with E-state index in [2.05, 4.69) is 24.0 Å². The molecule has 0 spiro atoms. The highest BCUT2D eigenvalue weighted by Gasteiger charge is 2.23. The van der Waals surface area contributed by atoms with Crippen molar-refractivity contribution in [1.29, 1.82) is 0 Å². The van der Waals surface area contributed by atoms with Crippen molar-refractivity contribution < 1.29 is 4.79 Å². The van der Waals surface area contributed by atoms with Crippen molar-refractivity contribution in [2.75, 3.05) is 11.9 Å². The number of benzene rings is 2. The summed E-state index contributed by atoms with van der Waals surface area (Å²) in [6.07, 6.45) is 0.489. The molecule has 2 aromatic rings. The van der Waals surface area contributed by atoms with Crippen LogP contribution in [0.3, 0.4) is 0 Å². The normalized spacial score (nSPS) is 13.9. The second-order valence-electron chi connectivity index (χ2n) is 4.75. The van der Waals surface area contributed by atoms with Crippen LogP contribution in [-0.4, -0.2) is 12.8 Å². The van der Waals surface area contributed by atoms with Gasteiger partial charge in [-0.05, 0) is 36.2 Å². The van der Waals surface area contributed by atoms with Crippen molar-refractivity contribution in [1.82, 2.24) is 0 Å². The summed E-state index contributed by atoms with van der Waals surface area (Å²) >= 11 is 0. The van der Waals surface area contributed by atoms with Gasteiger partial charge in [-0.2, -0.15) is 0 Å². The summed E-state index contributed by atoms with van der Waals surface area (Å²) in [7, 11) is 2.02. The first-order valence-corrected chi connectivity index (χ1v) is 6.13. The molecular formula is C16H15NO. The number of hydrogen-bond donors (Lipinski definition) is 0. The van der Waals surface area contributed by atoms with Gasteiger partial charge in [0.05, 0.1) is 5.69 Å². The number of hydrogen-bond acceptors (Lipinski definition) is 2. The van der Waals surface area contributed by atoms with Crippen LogP contribution < -0.4 is 4.90 Å². The van der Waals surface area contributed by atoms with E-state index in [1.54, 1.807) is 0 Å². The van der Waals surface area contributed by atoms with Gasteiger partial charge in [0.1, 0.15) is 0 Å². The van der Waals surface area contributed by atoms with Crippen molar-refractivity contribution in [2.45, 2.75) is 13.3 Å². The summed E-state index contributed by atoms with van der Waals surface area (Å²) in [5.41, 5.74) is 5.26. The van der Waals surface area contributed by atoms with E-state index in [1.807, 2.05) is 37.4 Å². The van der Waals surface area contributed by atoms with E-state index in [9.17, 15) is 4.79 Å². The maximum Gasteiger partial charge on any atom is 0.169 e. The van der Waals surface area contributed by atoms with Gasteiger partial charge >= 0.3 is 0 Å². The van der Waals surface area contributed by atoms with E-state index in [0.717, 1.165) is 22.5 Å². The molecule has 0 atom stereocenters. The van der Waals surface area contributed by atoms with E-state index in [1.165, 1.54) is 5.56 Å². The highest BCUT2D eigenvalue weighted by atomic mass is 16.1. The Bertz CT molecular complexity index is 631. The third-order valence-corrected chi connectivity index (χ3v) is 3.65. The lowest BCUT2D eigenvalue weighted by Crippen LogP contribution is -2.11. The average molecular weight is 237 g/mol. The largest absolute Gasteiger partial charge is 0.344 e. The number of rotatable bonds is 0. The molecule has 18 heavy (non-hydrogen) atoms. The summed E-state index contributed by atoms with van der Waals surface area (Å²) in [5, 5.41) is 0. The van der Waals surface area contributed by atoms with E-state index < -0.39 is 0 Å². The molecule has 0 radical (unpaired) electrons. The highest BCUT2D eigenvalue weighted by Crippen LogP contribution is 2.35. The molecular weight excluding hydrogens is 222 g/mol. The Kier molecular flexibility index (Phi) is 2.44. The van der Waals surface area contributed by atoms with Crippen LogP contribution in [0.2, 0.25) is 0 Å². The summed E-state index contributed by atoms with van der Waals surface area (Å²) in [5.74, 6) is 0.200. The third kappa shape index (κ3) is 1.53. The SMILES string of the molecule is Cc1cccc2c1CC(=O)c1ccccc1N2C. The minimum absolute atomic E-state index is 0.200. The number of carbonyl (C=O) groups is 1. The van der Waals surface area contributed by atoms with Crippen LogP contribution in [0.25, 0.3) is 0 Å². The van der Waals surface area contributed by atoms with Gasteiger partial charge in [-0.1, -0.05) is 24.3 Å². The molecule has 0 fully saturated rings. The van der Waals surface area contributed by atoms with Crippen molar-refractivity contribution in [3.05, 3.63) is 59.2 Å². The lowest BCUT2D eigenvalue weighted by Gasteiger charge is -2.22. The van der Waals surface area contributed by atoms with E-state index in [0.29, 0.717) is 6.42 Å². The molecule has 2 aromatic carbocycles. The molecule has 0 saturated heterocycles. The van der Waals surface area contributed by atoms with Gasteiger partial charge in [-0.25, -0.2) is 0 Å². The molecule has 0 amide bonds. The van der Waals surface area contributed by atoms with Crippen LogP contribution in [0, 0.1) is 6.92 Å². The van der Waals surface area contributed by atoms with Crippen molar-refractivity contribution >= 4 is 17.2 Å². The van der Waals surface area contributed by atoms with Crippen LogP contribution in [0.5, 0.6) is 0 Å². The Labute approximate surface area is 107 Å². The molecule has 0 unspecified atom stereocenters. The van der Waals surface area contributed by atoms with Crippen LogP contribution in [-0.2, 0) is 6.42 Å². The van der Waals surface area contributed by atoms with Gasteiger partial charge in [-0.15, -0.1) is 0 Å². The molecule has 0 bridgehead atoms. The van der Waals surface area contributed by atoms with E-state index in [4.69, 9.17) is 0 Å². The molecule has 1 aliphatic rings. The van der Waals surface area contributed by atoms with Crippen LogP contribution in [0.4, 0.5) is 11.4 Å². The number of para-hydroxylation sites is 1. The Hall–Kier alpha value is -2.09. The molecule has 0 aromatic heterocycles. The fraction of sp³-hybridized carbons (Fsp3) is 0.188. The molecule has 0 saturated carbocycles. The summed E-state index contributed by atoms with van der Waals surface area (Å²) < 4.78 is 0. The molecule has 0 N–H and O–H groups in total. The predicted molar refractivity (Wildman–Crippen MR) is 73.7 cm³/mol. The number of fused-ring (bicyclic) bond motifs is 2.